The number of aromatic nitrogens is 4. The highest BCUT2D eigenvalue weighted by Crippen LogP contribution is 2.20. The summed E-state index contributed by atoms with van der Waals surface area (Å²) in [7, 11) is 0. The average Bonchev–Trinajstić information content (AvgIpc) is 3.25. The zero-order valence-electron chi connectivity index (χ0n) is 13.0. The molecule has 0 unspecified atom stereocenters. The van der Waals surface area contributed by atoms with E-state index in [-0.39, 0.29) is 23.1 Å². The third-order valence-corrected chi connectivity index (χ3v) is 4.11. The number of hydrogen-bond acceptors (Lipinski definition) is 7. The summed E-state index contributed by atoms with van der Waals surface area (Å²) in [6.45, 7) is 1.96. The lowest BCUT2D eigenvalue weighted by atomic mass is 10.3. The number of ether oxygens (including phenoxy) is 1. The first-order valence-corrected chi connectivity index (χ1v) is 8.45. The molecule has 0 spiro atoms. The maximum Gasteiger partial charge on any atom is 0.357 e. The SMILES string of the molecule is CCOC(=O)c1csc(NC(=O)c2cn(-c3ccccc3Cl)nn2)n1. The Bertz CT molecular complexity index is 923. The van der Waals surface area contributed by atoms with E-state index in [2.05, 4.69) is 20.6 Å². The van der Waals surface area contributed by atoms with Crippen molar-refractivity contribution in [2.24, 2.45) is 0 Å². The monoisotopic (exact) mass is 377 g/mol. The Morgan fingerprint density at radius 1 is 1.32 bits per heavy atom. The summed E-state index contributed by atoms with van der Waals surface area (Å²) < 4.78 is 6.25. The van der Waals surface area contributed by atoms with E-state index in [1.165, 1.54) is 16.3 Å². The Morgan fingerprint density at radius 2 is 2.12 bits per heavy atom. The molecule has 2 aromatic heterocycles. The maximum absolute atomic E-state index is 12.2. The van der Waals surface area contributed by atoms with Crippen molar-refractivity contribution in [3.05, 3.63) is 52.3 Å². The first-order chi connectivity index (χ1) is 12.1. The fourth-order valence-electron chi connectivity index (χ4n) is 1.91. The molecule has 1 aromatic carbocycles. The molecule has 0 saturated carbocycles. The van der Waals surface area contributed by atoms with Crippen LogP contribution in [0.5, 0.6) is 0 Å². The minimum Gasteiger partial charge on any atom is -0.461 e. The van der Waals surface area contributed by atoms with Gasteiger partial charge in [0.1, 0.15) is 0 Å². The zero-order valence-corrected chi connectivity index (χ0v) is 14.5. The number of halogens is 1. The van der Waals surface area contributed by atoms with Crippen LogP contribution >= 0.6 is 22.9 Å². The van der Waals surface area contributed by atoms with E-state index in [4.69, 9.17) is 16.3 Å². The number of benzene rings is 1. The van der Waals surface area contributed by atoms with Crippen molar-refractivity contribution >= 4 is 39.9 Å². The molecule has 0 atom stereocenters. The van der Waals surface area contributed by atoms with E-state index in [0.717, 1.165) is 11.3 Å². The van der Waals surface area contributed by atoms with Gasteiger partial charge in [0.05, 0.1) is 23.5 Å². The highest BCUT2D eigenvalue weighted by molar-refractivity contribution is 7.14. The summed E-state index contributed by atoms with van der Waals surface area (Å²) in [6.07, 6.45) is 1.45. The lowest BCUT2D eigenvalue weighted by molar-refractivity contribution is 0.0520. The van der Waals surface area contributed by atoms with Crippen molar-refractivity contribution in [3.63, 3.8) is 0 Å². The summed E-state index contributed by atoms with van der Waals surface area (Å²) in [5.41, 5.74) is 0.837. The number of nitrogens with one attached hydrogen (secondary N) is 1. The second kappa shape index (κ2) is 7.41. The molecule has 25 heavy (non-hydrogen) atoms. The molecule has 0 aliphatic heterocycles. The number of carbonyl (C=O) groups excluding carboxylic acids is 2. The number of carbonyl (C=O) groups is 2. The van der Waals surface area contributed by atoms with Gasteiger partial charge in [-0.15, -0.1) is 16.4 Å². The van der Waals surface area contributed by atoms with Gasteiger partial charge in [-0.3, -0.25) is 10.1 Å². The van der Waals surface area contributed by atoms with Crippen LogP contribution in [-0.4, -0.2) is 38.5 Å². The fourth-order valence-corrected chi connectivity index (χ4v) is 2.81. The Hall–Kier alpha value is -2.78. The van der Waals surface area contributed by atoms with E-state index in [1.807, 2.05) is 0 Å². The standard InChI is InChI=1S/C15H12ClN5O3S/c1-2-24-14(23)11-8-25-15(17-11)18-13(22)10-7-21(20-19-10)12-6-4-3-5-9(12)16/h3-8H,2H2,1H3,(H,17,18,22). The Morgan fingerprint density at radius 3 is 2.88 bits per heavy atom. The second-order valence-electron chi connectivity index (χ2n) is 4.71. The van der Waals surface area contributed by atoms with Crippen LogP contribution in [0, 0.1) is 0 Å². The Kier molecular flexibility index (Phi) is 5.05. The molecule has 2 heterocycles. The largest absolute Gasteiger partial charge is 0.461 e. The van der Waals surface area contributed by atoms with Crippen molar-refractivity contribution in [2.75, 3.05) is 11.9 Å². The van der Waals surface area contributed by atoms with Crippen molar-refractivity contribution in [2.45, 2.75) is 6.92 Å². The van der Waals surface area contributed by atoms with Gasteiger partial charge in [0.2, 0.25) is 0 Å². The lowest BCUT2D eigenvalue weighted by Crippen LogP contribution is -2.13. The molecule has 128 valence electrons. The molecular formula is C15H12ClN5O3S. The van der Waals surface area contributed by atoms with Gasteiger partial charge < -0.3 is 4.74 Å². The predicted molar refractivity (Wildman–Crippen MR) is 92.4 cm³/mol. The molecule has 8 nitrogen and oxygen atoms in total. The average molecular weight is 378 g/mol. The number of anilines is 1. The van der Waals surface area contributed by atoms with E-state index in [0.29, 0.717) is 10.7 Å². The van der Waals surface area contributed by atoms with Gasteiger partial charge in [0.25, 0.3) is 5.91 Å². The molecular weight excluding hydrogens is 366 g/mol. The van der Waals surface area contributed by atoms with Crippen molar-refractivity contribution in [1.82, 2.24) is 20.0 Å². The van der Waals surface area contributed by atoms with Crippen LogP contribution in [-0.2, 0) is 4.74 Å². The van der Waals surface area contributed by atoms with Crippen LogP contribution in [0.3, 0.4) is 0 Å². The van der Waals surface area contributed by atoms with Gasteiger partial charge in [-0.25, -0.2) is 14.5 Å². The number of rotatable bonds is 5. The lowest BCUT2D eigenvalue weighted by Gasteiger charge is -2.01. The summed E-state index contributed by atoms with van der Waals surface area (Å²) in [6, 6.07) is 7.06. The van der Waals surface area contributed by atoms with E-state index in [9.17, 15) is 9.59 Å². The van der Waals surface area contributed by atoms with Gasteiger partial charge in [0.15, 0.2) is 16.5 Å². The Labute approximate surface area is 151 Å². The second-order valence-corrected chi connectivity index (χ2v) is 5.98. The molecule has 3 rings (SSSR count). The van der Waals surface area contributed by atoms with Crippen LogP contribution in [0.25, 0.3) is 5.69 Å². The smallest absolute Gasteiger partial charge is 0.357 e. The molecule has 3 aromatic rings. The van der Waals surface area contributed by atoms with Crippen molar-refractivity contribution in [3.8, 4) is 5.69 Å². The number of esters is 1. The van der Waals surface area contributed by atoms with Gasteiger partial charge in [-0.1, -0.05) is 28.9 Å². The van der Waals surface area contributed by atoms with Crippen LogP contribution in [0.4, 0.5) is 5.13 Å². The fraction of sp³-hybridized carbons (Fsp3) is 0.133. The van der Waals surface area contributed by atoms with Crippen LogP contribution in [0.15, 0.2) is 35.8 Å². The van der Waals surface area contributed by atoms with E-state index < -0.39 is 11.9 Å². The van der Waals surface area contributed by atoms with Crippen molar-refractivity contribution in [1.29, 1.82) is 0 Å². The highest BCUT2D eigenvalue weighted by atomic mass is 35.5. The van der Waals surface area contributed by atoms with Gasteiger partial charge in [-0.2, -0.15) is 0 Å². The van der Waals surface area contributed by atoms with Crippen molar-refractivity contribution < 1.29 is 14.3 Å². The first-order valence-electron chi connectivity index (χ1n) is 7.19. The number of nitrogens with zero attached hydrogens (tertiary/aromatic N) is 4. The zero-order chi connectivity index (χ0) is 17.8. The summed E-state index contributed by atoms with van der Waals surface area (Å²) in [5, 5.41) is 12.6. The van der Waals surface area contributed by atoms with Gasteiger partial charge >= 0.3 is 5.97 Å². The number of thiazole rings is 1. The first kappa shape index (κ1) is 17.1. The summed E-state index contributed by atoms with van der Waals surface area (Å²) in [5.74, 6) is -1.04. The summed E-state index contributed by atoms with van der Waals surface area (Å²) >= 11 is 7.21. The highest BCUT2D eigenvalue weighted by Gasteiger charge is 2.16. The molecule has 0 fully saturated rings. The molecule has 0 radical (unpaired) electrons. The molecule has 0 aliphatic rings. The normalized spacial score (nSPS) is 10.5. The van der Waals surface area contributed by atoms with Gasteiger partial charge in [0, 0.05) is 5.38 Å². The van der Waals surface area contributed by atoms with Gasteiger partial charge in [-0.05, 0) is 19.1 Å². The summed E-state index contributed by atoms with van der Waals surface area (Å²) in [4.78, 5) is 27.8. The third-order valence-electron chi connectivity index (χ3n) is 3.03. The topological polar surface area (TPSA) is 99.0 Å². The molecule has 0 saturated heterocycles. The molecule has 0 bridgehead atoms. The molecule has 1 N–H and O–H groups in total. The van der Waals surface area contributed by atoms with E-state index >= 15 is 0 Å². The van der Waals surface area contributed by atoms with Crippen LogP contribution < -0.4 is 5.32 Å². The Balaban J connectivity index is 1.72. The number of amides is 1. The quantitative estimate of drug-likeness (QED) is 0.686. The molecule has 0 aliphatic carbocycles. The van der Waals surface area contributed by atoms with Crippen LogP contribution in [0.1, 0.15) is 27.9 Å². The third kappa shape index (κ3) is 3.83. The minimum atomic E-state index is -0.538. The molecule has 1 amide bonds. The van der Waals surface area contributed by atoms with Crippen LogP contribution in [0.2, 0.25) is 5.02 Å². The number of para-hydroxylation sites is 1. The number of hydrogen-bond donors (Lipinski definition) is 1. The minimum absolute atomic E-state index is 0.0906. The molecule has 10 heteroatoms. The predicted octanol–water partition coefficient (Wildman–Crippen LogP) is 2.81. The van der Waals surface area contributed by atoms with E-state index in [1.54, 1.807) is 31.2 Å². The maximum atomic E-state index is 12.2.